The number of rotatable bonds is 4. The van der Waals surface area contributed by atoms with Crippen LogP contribution in [-0.4, -0.2) is 26.8 Å². The van der Waals surface area contributed by atoms with Gasteiger partial charge in [0, 0.05) is 0 Å². The molecule has 0 amide bonds. The zero-order chi connectivity index (χ0) is 14.0. The molecule has 106 valence electrons. The number of ether oxygens (including phenoxy) is 1. The molecule has 1 heterocycles. The highest BCUT2D eigenvalue weighted by atomic mass is 32.2. The second-order valence-corrected chi connectivity index (χ2v) is 7.37. The first-order valence-corrected chi connectivity index (χ1v) is 8.36. The Hall–Kier alpha value is -1.23. The Kier molecular flexibility index (Phi) is 4.04. The Balaban J connectivity index is 2.27. The van der Waals surface area contributed by atoms with Crippen molar-refractivity contribution in [2.45, 2.75) is 38.2 Å². The van der Waals surface area contributed by atoms with Crippen molar-refractivity contribution in [1.82, 2.24) is 0 Å². The minimum absolute atomic E-state index is 0.130. The molecule has 0 aliphatic carbocycles. The molecule has 0 spiro atoms. The van der Waals surface area contributed by atoms with E-state index in [0.717, 1.165) is 11.4 Å². The van der Waals surface area contributed by atoms with E-state index in [4.69, 9.17) is 4.74 Å². The molecule has 1 aliphatic rings. The Labute approximate surface area is 115 Å². The van der Waals surface area contributed by atoms with Gasteiger partial charge in [-0.3, -0.25) is 0 Å². The van der Waals surface area contributed by atoms with Crippen molar-refractivity contribution < 1.29 is 13.2 Å². The molecule has 0 aromatic heterocycles. The van der Waals surface area contributed by atoms with Crippen molar-refractivity contribution in [3.63, 3.8) is 0 Å². The second kappa shape index (κ2) is 5.41. The first-order chi connectivity index (χ1) is 8.94. The molecular weight excluding hydrogens is 262 g/mol. The fourth-order valence-corrected chi connectivity index (χ4v) is 3.46. The van der Waals surface area contributed by atoms with Crippen LogP contribution < -0.4 is 10.1 Å². The van der Waals surface area contributed by atoms with Gasteiger partial charge in [0.2, 0.25) is 0 Å². The summed E-state index contributed by atoms with van der Waals surface area (Å²) in [5.41, 5.74) is 0.772. The first-order valence-electron chi connectivity index (χ1n) is 6.71. The van der Waals surface area contributed by atoms with Crippen LogP contribution in [0.4, 0.5) is 5.69 Å². The number of sulfone groups is 1. The third-order valence-corrected chi connectivity index (χ3v) is 5.22. The van der Waals surface area contributed by atoms with Gasteiger partial charge in [0.05, 0.1) is 22.9 Å². The van der Waals surface area contributed by atoms with E-state index in [2.05, 4.69) is 19.2 Å². The molecule has 1 unspecified atom stereocenters. The van der Waals surface area contributed by atoms with Crippen LogP contribution in [0.2, 0.25) is 0 Å². The molecule has 0 fully saturated rings. The molecule has 1 atom stereocenters. The topological polar surface area (TPSA) is 55.4 Å². The molecule has 2 rings (SSSR count). The van der Waals surface area contributed by atoms with Crippen LogP contribution in [0.25, 0.3) is 0 Å². The number of benzene rings is 1. The van der Waals surface area contributed by atoms with Gasteiger partial charge in [0.25, 0.3) is 0 Å². The lowest BCUT2D eigenvalue weighted by Gasteiger charge is -2.30. The lowest BCUT2D eigenvalue weighted by atomic mass is 10.1. The minimum Gasteiger partial charge on any atom is -0.486 e. The first kappa shape index (κ1) is 14.2. The maximum absolute atomic E-state index is 12.0. The van der Waals surface area contributed by atoms with Crippen molar-refractivity contribution in [2.75, 3.05) is 17.6 Å². The number of fused-ring (bicyclic) bond motifs is 1. The monoisotopic (exact) mass is 283 g/mol. The minimum atomic E-state index is -3.17. The largest absolute Gasteiger partial charge is 0.486 e. The van der Waals surface area contributed by atoms with Gasteiger partial charge in [0.15, 0.2) is 9.84 Å². The third kappa shape index (κ3) is 3.03. The van der Waals surface area contributed by atoms with E-state index in [1.165, 1.54) is 0 Å². The highest BCUT2D eigenvalue weighted by Gasteiger charge is 2.23. The van der Waals surface area contributed by atoms with E-state index in [1.54, 1.807) is 18.2 Å². The van der Waals surface area contributed by atoms with Crippen LogP contribution in [0, 0.1) is 5.92 Å². The second-order valence-electron chi connectivity index (χ2n) is 5.26. The number of anilines is 1. The van der Waals surface area contributed by atoms with Gasteiger partial charge in [-0.25, -0.2) is 8.42 Å². The van der Waals surface area contributed by atoms with E-state index in [1.807, 2.05) is 6.92 Å². The van der Waals surface area contributed by atoms with E-state index in [0.29, 0.717) is 23.8 Å². The van der Waals surface area contributed by atoms with E-state index in [9.17, 15) is 8.42 Å². The molecule has 1 aromatic rings. The molecular formula is C14H21NO3S. The molecule has 1 aromatic carbocycles. The number of nitrogens with one attached hydrogen (secondary N) is 1. The summed E-state index contributed by atoms with van der Waals surface area (Å²) in [5, 5.41) is 3.26. The lowest BCUT2D eigenvalue weighted by Crippen LogP contribution is -2.35. The maximum Gasteiger partial charge on any atom is 0.178 e. The molecule has 1 N–H and O–H groups in total. The zero-order valence-corrected chi connectivity index (χ0v) is 12.5. The van der Waals surface area contributed by atoms with Gasteiger partial charge in [-0.15, -0.1) is 0 Å². The smallest absolute Gasteiger partial charge is 0.178 e. The van der Waals surface area contributed by atoms with Crippen molar-refractivity contribution in [2.24, 2.45) is 5.92 Å². The summed E-state index contributed by atoms with van der Waals surface area (Å²) in [7, 11) is -3.17. The lowest BCUT2D eigenvalue weighted by molar-refractivity contribution is 0.156. The van der Waals surface area contributed by atoms with Gasteiger partial charge < -0.3 is 10.1 Å². The average molecular weight is 283 g/mol. The Bertz CT molecular complexity index is 552. The standard InChI is InChI=1S/C14H21NO3S/c1-4-7-19(16,17)11-5-6-13-12(8-11)15-9-14(18-13)10(2)3/h5-6,8,10,14-15H,4,7,9H2,1-3H3. The fraction of sp³-hybridized carbons (Fsp3) is 0.571. The van der Waals surface area contributed by atoms with E-state index < -0.39 is 9.84 Å². The highest BCUT2D eigenvalue weighted by molar-refractivity contribution is 7.91. The molecule has 0 saturated heterocycles. The van der Waals surface area contributed by atoms with Crippen LogP contribution in [0.15, 0.2) is 23.1 Å². The normalized spacial score (nSPS) is 18.6. The predicted octanol–water partition coefficient (Wildman–Crippen LogP) is 2.70. The summed E-state index contributed by atoms with van der Waals surface area (Å²) in [4.78, 5) is 0.368. The fourth-order valence-electron chi connectivity index (χ4n) is 2.12. The van der Waals surface area contributed by atoms with Crippen LogP contribution >= 0.6 is 0 Å². The van der Waals surface area contributed by atoms with E-state index >= 15 is 0 Å². The molecule has 4 nitrogen and oxygen atoms in total. The summed E-state index contributed by atoms with van der Waals surface area (Å²) in [6.45, 7) is 6.79. The summed E-state index contributed by atoms with van der Waals surface area (Å²) in [6.07, 6.45) is 0.754. The molecule has 0 radical (unpaired) electrons. The van der Waals surface area contributed by atoms with Crippen LogP contribution in [-0.2, 0) is 9.84 Å². The van der Waals surface area contributed by atoms with Crippen molar-refractivity contribution in [1.29, 1.82) is 0 Å². The molecule has 0 bridgehead atoms. The average Bonchev–Trinajstić information content (AvgIpc) is 2.37. The Morgan fingerprint density at radius 1 is 1.42 bits per heavy atom. The van der Waals surface area contributed by atoms with Gasteiger partial charge in [-0.05, 0) is 30.5 Å². The van der Waals surface area contributed by atoms with Gasteiger partial charge in [0.1, 0.15) is 11.9 Å². The van der Waals surface area contributed by atoms with Gasteiger partial charge >= 0.3 is 0 Å². The maximum atomic E-state index is 12.0. The third-order valence-electron chi connectivity index (χ3n) is 3.30. The SMILES string of the molecule is CCCS(=O)(=O)c1ccc2c(c1)NCC(C(C)C)O2. The summed E-state index contributed by atoms with van der Waals surface area (Å²) in [5.74, 6) is 1.34. The van der Waals surface area contributed by atoms with Crippen LogP contribution in [0.3, 0.4) is 0 Å². The number of hydrogen-bond donors (Lipinski definition) is 1. The van der Waals surface area contributed by atoms with Crippen molar-refractivity contribution in [3.8, 4) is 5.75 Å². The predicted molar refractivity (Wildman–Crippen MR) is 76.5 cm³/mol. The molecule has 5 heteroatoms. The Morgan fingerprint density at radius 2 is 2.16 bits per heavy atom. The summed E-state index contributed by atoms with van der Waals surface area (Å²) >= 11 is 0. The van der Waals surface area contributed by atoms with Crippen LogP contribution in [0.5, 0.6) is 5.75 Å². The van der Waals surface area contributed by atoms with Gasteiger partial charge in [-0.2, -0.15) is 0 Å². The van der Waals surface area contributed by atoms with Crippen LogP contribution in [0.1, 0.15) is 27.2 Å². The quantitative estimate of drug-likeness (QED) is 0.923. The molecule has 1 aliphatic heterocycles. The summed E-state index contributed by atoms with van der Waals surface area (Å²) < 4.78 is 29.9. The van der Waals surface area contributed by atoms with Gasteiger partial charge in [-0.1, -0.05) is 20.8 Å². The highest BCUT2D eigenvalue weighted by Crippen LogP contribution is 2.33. The van der Waals surface area contributed by atoms with Crippen molar-refractivity contribution >= 4 is 15.5 Å². The van der Waals surface area contributed by atoms with Crippen molar-refractivity contribution in [3.05, 3.63) is 18.2 Å². The number of hydrogen-bond acceptors (Lipinski definition) is 4. The van der Waals surface area contributed by atoms with E-state index in [-0.39, 0.29) is 11.9 Å². The summed E-state index contributed by atoms with van der Waals surface area (Å²) in [6, 6.07) is 5.06. The zero-order valence-electron chi connectivity index (χ0n) is 11.6. The molecule has 19 heavy (non-hydrogen) atoms. The Morgan fingerprint density at radius 3 is 2.79 bits per heavy atom. The molecule has 0 saturated carbocycles.